The number of benzene rings is 1. The highest BCUT2D eigenvalue weighted by Gasteiger charge is 2.37. The smallest absolute Gasteiger partial charge is 0.526 e. The maximum absolute atomic E-state index is 12.6. The van der Waals surface area contributed by atoms with Crippen LogP contribution in [0.4, 0.5) is 0 Å². The molecule has 3 heterocycles. The fraction of sp³-hybridized carbons (Fsp3) is 0.500. The Hall–Kier alpha value is -3.12. The maximum atomic E-state index is 12.6. The molecule has 0 aliphatic carbocycles. The summed E-state index contributed by atoms with van der Waals surface area (Å²) in [6, 6.07) is 5.34. The molecule has 3 N–H and O–H groups in total. The molecule has 11 nitrogen and oxygen atoms in total. The number of hydrogen-bond acceptors (Lipinski definition) is 9. The molecule has 32 heavy (non-hydrogen) atoms. The Kier molecular flexibility index (Phi) is 6.61. The lowest BCUT2D eigenvalue weighted by atomic mass is 9.64. The van der Waals surface area contributed by atoms with E-state index in [4.69, 9.17) is 4.65 Å². The Morgan fingerprint density at radius 1 is 1.38 bits per heavy atom. The van der Waals surface area contributed by atoms with E-state index in [1.165, 1.54) is 11.7 Å². The summed E-state index contributed by atoms with van der Waals surface area (Å²) in [5, 5.41) is 28.3. The van der Waals surface area contributed by atoms with Gasteiger partial charge in [0.15, 0.2) is 11.6 Å². The lowest BCUT2D eigenvalue weighted by Gasteiger charge is -2.28. The van der Waals surface area contributed by atoms with Crippen LogP contribution in [0.1, 0.15) is 41.5 Å². The van der Waals surface area contributed by atoms with Crippen LogP contribution in [0.3, 0.4) is 0 Å². The van der Waals surface area contributed by atoms with E-state index in [0.29, 0.717) is 17.7 Å². The van der Waals surface area contributed by atoms with Crippen molar-refractivity contribution in [2.45, 2.75) is 51.0 Å². The minimum Gasteiger partial charge on any atom is -0.535 e. The SMILES string of the molecule is CC(=O)c1cccc2c1OB(O)[C@@H](CC(=O)Cc1nnn(CC(=O)N[C@H]3CCNC3)n1)C2. The summed E-state index contributed by atoms with van der Waals surface area (Å²) in [6.45, 7) is 3.00. The van der Waals surface area contributed by atoms with Crippen LogP contribution in [0.25, 0.3) is 0 Å². The molecule has 2 aromatic rings. The van der Waals surface area contributed by atoms with Crippen LogP contribution in [0, 0.1) is 0 Å². The summed E-state index contributed by atoms with van der Waals surface area (Å²) in [5.41, 5.74) is 1.20. The largest absolute Gasteiger partial charge is 0.535 e. The molecule has 4 rings (SSSR count). The van der Waals surface area contributed by atoms with E-state index in [1.807, 2.05) is 6.07 Å². The van der Waals surface area contributed by atoms with Gasteiger partial charge in [0, 0.05) is 24.8 Å². The highest BCUT2D eigenvalue weighted by molar-refractivity contribution is 6.47. The van der Waals surface area contributed by atoms with Gasteiger partial charge < -0.3 is 20.3 Å². The molecule has 2 aliphatic rings. The first-order valence-corrected chi connectivity index (χ1v) is 10.6. The number of tetrazole rings is 1. The van der Waals surface area contributed by atoms with E-state index in [1.54, 1.807) is 12.1 Å². The molecular weight excluding hydrogens is 415 g/mol. The molecule has 168 valence electrons. The lowest BCUT2D eigenvalue weighted by molar-refractivity contribution is -0.122. The molecule has 1 aromatic carbocycles. The number of nitrogens with zero attached hydrogens (tertiary/aromatic N) is 4. The Labute approximate surface area is 185 Å². The highest BCUT2D eigenvalue weighted by Crippen LogP contribution is 2.36. The number of fused-ring (bicyclic) bond motifs is 1. The Morgan fingerprint density at radius 2 is 2.22 bits per heavy atom. The summed E-state index contributed by atoms with van der Waals surface area (Å²) >= 11 is 0. The van der Waals surface area contributed by atoms with Gasteiger partial charge in [-0.2, -0.15) is 4.80 Å². The van der Waals surface area contributed by atoms with Crippen LogP contribution in [-0.4, -0.2) is 69.0 Å². The number of hydrogen-bond donors (Lipinski definition) is 3. The van der Waals surface area contributed by atoms with Gasteiger partial charge in [0.1, 0.15) is 18.1 Å². The average Bonchev–Trinajstić information content (AvgIpc) is 3.40. The number of Topliss-reactive ketones (excluding diaryl/α,β-unsaturated/α-hetero) is 2. The van der Waals surface area contributed by atoms with Gasteiger partial charge in [-0.15, -0.1) is 10.2 Å². The molecule has 1 fully saturated rings. The first kappa shape index (κ1) is 22.1. The number of amides is 1. The first-order chi connectivity index (χ1) is 15.4. The molecule has 0 saturated carbocycles. The van der Waals surface area contributed by atoms with Gasteiger partial charge in [0.25, 0.3) is 0 Å². The zero-order valence-electron chi connectivity index (χ0n) is 17.8. The van der Waals surface area contributed by atoms with Crippen molar-refractivity contribution in [3.8, 4) is 5.75 Å². The van der Waals surface area contributed by atoms with Crippen LogP contribution in [-0.2, 0) is 29.0 Å². The van der Waals surface area contributed by atoms with Crippen molar-refractivity contribution < 1.29 is 24.1 Å². The van der Waals surface area contributed by atoms with Crippen molar-refractivity contribution in [1.82, 2.24) is 30.8 Å². The van der Waals surface area contributed by atoms with Crippen molar-refractivity contribution in [3.63, 3.8) is 0 Å². The summed E-state index contributed by atoms with van der Waals surface area (Å²) in [4.78, 5) is 37.6. The summed E-state index contributed by atoms with van der Waals surface area (Å²) in [6.07, 6.45) is 1.31. The normalized spacial score (nSPS) is 19.9. The van der Waals surface area contributed by atoms with Crippen LogP contribution in [0.2, 0.25) is 5.82 Å². The van der Waals surface area contributed by atoms with Gasteiger partial charge in [-0.1, -0.05) is 12.1 Å². The van der Waals surface area contributed by atoms with E-state index in [-0.39, 0.29) is 48.7 Å². The molecule has 2 aliphatic heterocycles. The van der Waals surface area contributed by atoms with E-state index in [0.717, 1.165) is 25.1 Å². The van der Waals surface area contributed by atoms with Crippen molar-refractivity contribution >= 4 is 24.6 Å². The third-order valence-corrected chi connectivity index (χ3v) is 5.65. The average molecular weight is 440 g/mol. The van der Waals surface area contributed by atoms with Gasteiger partial charge in [-0.25, -0.2) is 0 Å². The lowest BCUT2D eigenvalue weighted by Crippen LogP contribution is -2.38. The Bertz CT molecular complexity index is 1020. The second kappa shape index (κ2) is 9.57. The summed E-state index contributed by atoms with van der Waals surface area (Å²) < 4.78 is 5.58. The van der Waals surface area contributed by atoms with Crippen molar-refractivity contribution in [2.75, 3.05) is 13.1 Å². The number of aromatic nitrogens is 4. The summed E-state index contributed by atoms with van der Waals surface area (Å²) in [5.74, 6) is -0.377. The zero-order valence-corrected chi connectivity index (χ0v) is 17.8. The van der Waals surface area contributed by atoms with Crippen LogP contribution >= 0.6 is 0 Å². The molecule has 0 spiro atoms. The molecule has 12 heteroatoms. The number of ketones is 2. The summed E-state index contributed by atoms with van der Waals surface area (Å²) in [7, 11) is -1.19. The topological polar surface area (TPSA) is 148 Å². The zero-order chi connectivity index (χ0) is 22.7. The van der Waals surface area contributed by atoms with E-state index in [2.05, 4.69) is 26.0 Å². The standard InChI is InChI=1S/C20H25BN6O5/c1-12(28)17-4-2-3-13-7-14(21(31)32-20(13)17)8-16(29)9-18-24-26-27(25-18)11-19(30)23-15-5-6-22-10-15/h2-4,14-15,22,31H,5-11H2,1H3,(H,23,30)/t14-,15+/m1/s1. The number of nitrogens with one attached hydrogen (secondary N) is 2. The number of carbonyl (C=O) groups is 3. The molecule has 1 amide bonds. The van der Waals surface area contributed by atoms with Gasteiger partial charge in [0.2, 0.25) is 5.91 Å². The van der Waals surface area contributed by atoms with E-state index >= 15 is 0 Å². The van der Waals surface area contributed by atoms with Gasteiger partial charge in [-0.05, 0) is 43.2 Å². The van der Waals surface area contributed by atoms with E-state index in [9.17, 15) is 19.4 Å². The molecule has 0 radical (unpaired) electrons. The predicted octanol–water partition coefficient (Wildman–Crippen LogP) is -0.659. The number of para-hydroxylation sites is 1. The van der Waals surface area contributed by atoms with Crippen molar-refractivity contribution in [3.05, 3.63) is 35.2 Å². The quantitative estimate of drug-likeness (QED) is 0.359. The molecule has 1 aromatic heterocycles. The van der Waals surface area contributed by atoms with Crippen LogP contribution in [0.15, 0.2) is 18.2 Å². The van der Waals surface area contributed by atoms with Crippen molar-refractivity contribution in [2.24, 2.45) is 0 Å². The molecule has 2 atom stereocenters. The van der Waals surface area contributed by atoms with Gasteiger partial charge in [-0.3, -0.25) is 14.4 Å². The van der Waals surface area contributed by atoms with Crippen molar-refractivity contribution in [1.29, 1.82) is 0 Å². The molecular formula is C20H25BN6O5. The van der Waals surface area contributed by atoms with Gasteiger partial charge >= 0.3 is 7.12 Å². The fourth-order valence-corrected chi connectivity index (χ4v) is 4.07. The predicted molar refractivity (Wildman–Crippen MR) is 113 cm³/mol. The minimum absolute atomic E-state index is 0.0578. The monoisotopic (exact) mass is 440 g/mol. The second-order valence-electron chi connectivity index (χ2n) is 8.24. The third kappa shape index (κ3) is 5.20. The van der Waals surface area contributed by atoms with E-state index < -0.39 is 12.9 Å². The molecule has 0 unspecified atom stereocenters. The maximum Gasteiger partial charge on any atom is 0.526 e. The molecule has 1 saturated heterocycles. The van der Waals surface area contributed by atoms with Crippen LogP contribution in [0.5, 0.6) is 5.75 Å². The Morgan fingerprint density at radius 3 is 2.97 bits per heavy atom. The minimum atomic E-state index is -1.19. The number of carbonyl (C=O) groups excluding carboxylic acids is 3. The number of rotatable bonds is 8. The second-order valence-corrected chi connectivity index (χ2v) is 8.24. The fourth-order valence-electron chi connectivity index (χ4n) is 4.07. The third-order valence-electron chi connectivity index (χ3n) is 5.65. The highest BCUT2D eigenvalue weighted by atomic mass is 16.5. The Balaban J connectivity index is 1.31. The van der Waals surface area contributed by atoms with Crippen LogP contribution < -0.4 is 15.3 Å². The first-order valence-electron chi connectivity index (χ1n) is 10.6. The van der Waals surface area contributed by atoms with Gasteiger partial charge in [0.05, 0.1) is 12.0 Å². The molecule has 0 bridgehead atoms.